The minimum atomic E-state index is -1.16. The summed E-state index contributed by atoms with van der Waals surface area (Å²) in [5.41, 5.74) is 0.391. The van der Waals surface area contributed by atoms with Gasteiger partial charge in [0, 0.05) is 18.7 Å². The van der Waals surface area contributed by atoms with Gasteiger partial charge in [-0.15, -0.1) is 0 Å². The zero-order valence-corrected chi connectivity index (χ0v) is 18.1. The zero-order chi connectivity index (χ0) is 22.5. The molecule has 10 heteroatoms. The van der Waals surface area contributed by atoms with Crippen LogP contribution in [0.5, 0.6) is 11.5 Å². The third-order valence-corrected chi connectivity index (χ3v) is 6.07. The molecule has 0 atom stereocenters. The van der Waals surface area contributed by atoms with E-state index in [4.69, 9.17) is 14.6 Å². The molecule has 2 heterocycles. The Morgan fingerprint density at radius 3 is 2.61 bits per heavy atom. The van der Waals surface area contributed by atoms with Gasteiger partial charge in [-0.25, -0.2) is 4.79 Å². The minimum absolute atomic E-state index is 0.124. The molecule has 3 rings (SSSR count). The number of aliphatic carboxylic acids is 1. The van der Waals surface area contributed by atoms with Crippen molar-refractivity contribution in [3.8, 4) is 11.5 Å². The van der Waals surface area contributed by atoms with Crippen LogP contribution < -0.4 is 9.47 Å². The summed E-state index contributed by atoms with van der Waals surface area (Å²) in [6.45, 7) is 2.50. The summed E-state index contributed by atoms with van der Waals surface area (Å²) >= 11 is 0.727. The number of hydrogen-bond donors (Lipinski definition) is 1. The van der Waals surface area contributed by atoms with Gasteiger partial charge in [0.2, 0.25) is 5.91 Å². The van der Waals surface area contributed by atoms with E-state index < -0.39 is 23.7 Å². The average molecular weight is 448 g/mol. The third kappa shape index (κ3) is 5.38. The molecule has 0 spiro atoms. The summed E-state index contributed by atoms with van der Waals surface area (Å²) in [6, 6.07) is 4.87. The molecule has 0 bridgehead atoms. The van der Waals surface area contributed by atoms with Crippen molar-refractivity contribution >= 4 is 40.9 Å². The number of thioether (sulfide) groups is 1. The van der Waals surface area contributed by atoms with E-state index in [1.807, 2.05) is 0 Å². The lowest BCUT2D eigenvalue weighted by atomic mass is 9.99. The summed E-state index contributed by atoms with van der Waals surface area (Å²) in [6.07, 6.45) is 3.25. The van der Waals surface area contributed by atoms with Gasteiger partial charge in [-0.05, 0) is 42.7 Å². The summed E-state index contributed by atoms with van der Waals surface area (Å²) in [5, 5.41) is 8.38. The molecular weight excluding hydrogens is 424 g/mol. The van der Waals surface area contributed by atoms with Crippen molar-refractivity contribution in [1.82, 2.24) is 9.80 Å². The summed E-state index contributed by atoms with van der Waals surface area (Å²) in [4.78, 5) is 51.4. The van der Waals surface area contributed by atoms with Gasteiger partial charge in [-0.2, -0.15) is 0 Å². The monoisotopic (exact) mass is 448 g/mol. The number of amides is 3. The molecule has 1 aromatic rings. The molecule has 3 amide bonds. The van der Waals surface area contributed by atoms with E-state index in [9.17, 15) is 19.2 Å². The van der Waals surface area contributed by atoms with Gasteiger partial charge in [-0.1, -0.05) is 19.1 Å². The second kappa shape index (κ2) is 9.86. The molecule has 0 aromatic heterocycles. The van der Waals surface area contributed by atoms with E-state index in [-0.39, 0.29) is 23.1 Å². The fourth-order valence-electron chi connectivity index (χ4n) is 3.37. The number of para-hydroxylation sites is 1. The van der Waals surface area contributed by atoms with Gasteiger partial charge in [0.05, 0.1) is 12.0 Å². The predicted molar refractivity (Wildman–Crippen MR) is 114 cm³/mol. The van der Waals surface area contributed by atoms with Crippen molar-refractivity contribution in [1.29, 1.82) is 0 Å². The Morgan fingerprint density at radius 1 is 1.26 bits per heavy atom. The zero-order valence-electron chi connectivity index (χ0n) is 17.3. The van der Waals surface area contributed by atoms with Gasteiger partial charge >= 0.3 is 5.97 Å². The number of carboxylic acid groups (broad SMARTS) is 1. The van der Waals surface area contributed by atoms with E-state index in [0.29, 0.717) is 30.3 Å². The van der Waals surface area contributed by atoms with Crippen LogP contribution in [0.1, 0.15) is 25.3 Å². The van der Waals surface area contributed by atoms with Crippen LogP contribution >= 0.6 is 11.8 Å². The molecule has 166 valence electrons. The van der Waals surface area contributed by atoms with E-state index in [1.54, 1.807) is 23.1 Å². The fraction of sp³-hybridized carbons (Fsp3) is 0.429. The van der Waals surface area contributed by atoms with Crippen LogP contribution in [0.25, 0.3) is 6.08 Å². The third-order valence-electron chi connectivity index (χ3n) is 5.16. The molecule has 2 aliphatic heterocycles. The number of piperidine rings is 1. The first-order valence-electron chi connectivity index (χ1n) is 9.85. The maximum Gasteiger partial charge on any atom is 0.341 e. The van der Waals surface area contributed by atoms with Gasteiger partial charge in [0.15, 0.2) is 18.1 Å². The Kier molecular flexibility index (Phi) is 7.21. The number of hydrogen-bond acceptors (Lipinski definition) is 7. The van der Waals surface area contributed by atoms with Crippen molar-refractivity contribution in [2.45, 2.75) is 19.8 Å². The van der Waals surface area contributed by atoms with Gasteiger partial charge in [0.25, 0.3) is 11.1 Å². The maximum absolute atomic E-state index is 12.8. The van der Waals surface area contributed by atoms with Gasteiger partial charge in [-0.3, -0.25) is 19.3 Å². The van der Waals surface area contributed by atoms with E-state index >= 15 is 0 Å². The number of nitrogens with zero attached hydrogens (tertiary/aromatic N) is 2. The fourth-order valence-corrected chi connectivity index (χ4v) is 4.20. The standard InChI is InChI=1S/C21H24N2O7S/c1-13-6-8-22(9-7-13)17(24)11-23-20(27)16(31-21(23)28)10-14-4-3-5-15(29-2)19(14)30-12-18(25)26/h3-5,10,13H,6-9,11-12H2,1-2H3,(H,25,26)/b16-10+. The SMILES string of the molecule is COc1cccc(/C=C2/SC(=O)N(CC(=O)N3CCC(C)CC3)C2=O)c1OCC(=O)O. The molecule has 0 aliphatic carbocycles. The van der Waals surface area contributed by atoms with Crippen molar-refractivity contribution in [3.05, 3.63) is 28.7 Å². The number of carboxylic acids is 1. The molecule has 9 nitrogen and oxygen atoms in total. The quantitative estimate of drug-likeness (QED) is 0.633. The molecule has 0 unspecified atom stereocenters. The van der Waals surface area contributed by atoms with Crippen LogP contribution in [-0.2, 0) is 14.4 Å². The first kappa shape index (κ1) is 22.7. The van der Waals surface area contributed by atoms with Crippen LogP contribution in [0.15, 0.2) is 23.1 Å². The highest BCUT2D eigenvalue weighted by atomic mass is 32.2. The van der Waals surface area contributed by atoms with Crippen LogP contribution in [0, 0.1) is 5.92 Å². The topological polar surface area (TPSA) is 113 Å². The van der Waals surface area contributed by atoms with Crippen molar-refractivity contribution in [2.24, 2.45) is 5.92 Å². The molecule has 2 fully saturated rings. The lowest BCUT2D eigenvalue weighted by Crippen LogP contribution is -2.45. The molecule has 0 radical (unpaired) electrons. The van der Waals surface area contributed by atoms with Crippen LogP contribution in [-0.4, -0.2) is 71.3 Å². The highest BCUT2D eigenvalue weighted by Gasteiger charge is 2.37. The average Bonchev–Trinajstić information content (AvgIpc) is 3.00. The number of methoxy groups -OCH3 is 1. The van der Waals surface area contributed by atoms with Crippen molar-refractivity contribution in [2.75, 3.05) is 33.4 Å². The number of carbonyl (C=O) groups excluding carboxylic acids is 3. The molecule has 1 N–H and O–H groups in total. The second-order valence-electron chi connectivity index (χ2n) is 7.39. The predicted octanol–water partition coefficient (Wildman–Crippen LogP) is 2.45. The van der Waals surface area contributed by atoms with Crippen molar-refractivity contribution < 1.29 is 33.8 Å². The second-order valence-corrected chi connectivity index (χ2v) is 8.39. The van der Waals surface area contributed by atoms with E-state index in [0.717, 1.165) is 29.5 Å². The van der Waals surface area contributed by atoms with Crippen molar-refractivity contribution in [3.63, 3.8) is 0 Å². The summed E-state index contributed by atoms with van der Waals surface area (Å²) in [7, 11) is 1.41. The Hall–Kier alpha value is -3.01. The number of imide groups is 1. The first-order valence-corrected chi connectivity index (χ1v) is 10.7. The number of carbonyl (C=O) groups is 4. The van der Waals surface area contributed by atoms with E-state index in [1.165, 1.54) is 13.2 Å². The molecule has 2 saturated heterocycles. The molecule has 2 aliphatic rings. The smallest absolute Gasteiger partial charge is 0.341 e. The molecule has 1 aromatic carbocycles. The number of benzene rings is 1. The Morgan fingerprint density at radius 2 is 1.97 bits per heavy atom. The number of likely N-dealkylation sites (tertiary alicyclic amines) is 1. The Balaban J connectivity index is 1.77. The van der Waals surface area contributed by atoms with Crippen LogP contribution in [0.3, 0.4) is 0 Å². The summed E-state index contributed by atoms with van der Waals surface area (Å²) < 4.78 is 10.5. The lowest BCUT2D eigenvalue weighted by molar-refractivity contribution is -0.139. The largest absolute Gasteiger partial charge is 0.493 e. The lowest BCUT2D eigenvalue weighted by Gasteiger charge is -2.31. The Labute approximate surface area is 184 Å². The normalized spacial score (nSPS) is 18.6. The number of rotatable bonds is 7. The number of ether oxygens (including phenoxy) is 2. The highest BCUT2D eigenvalue weighted by Crippen LogP contribution is 2.37. The molecule has 31 heavy (non-hydrogen) atoms. The maximum atomic E-state index is 12.8. The highest BCUT2D eigenvalue weighted by molar-refractivity contribution is 8.18. The first-order chi connectivity index (χ1) is 14.8. The Bertz CT molecular complexity index is 922. The molecular formula is C21H24N2O7S. The van der Waals surface area contributed by atoms with Crippen LogP contribution in [0.2, 0.25) is 0 Å². The van der Waals surface area contributed by atoms with E-state index in [2.05, 4.69) is 6.92 Å². The molecule has 0 saturated carbocycles. The summed E-state index contributed by atoms with van der Waals surface area (Å²) in [5.74, 6) is -0.975. The van der Waals surface area contributed by atoms with Gasteiger partial charge < -0.3 is 19.5 Å². The van der Waals surface area contributed by atoms with Gasteiger partial charge in [0.1, 0.15) is 6.54 Å². The van der Waals surface area contributed by atoms with Crippen LogP contribution in [0.4, 0.5) is 4.79 Å². The minimum Gasteiger partial charge on any atom is -0.493 e.